The molecule has 0 saturated carbocycles. The number of hydrogen-bond acceptors (Lipinski definition) is 1. The molecule has 0 radical (unpaired) electrons. The first-order chi connectivity index (χ1) is 4.22. The highest BCUT2D eigenvalue weighted by Crippen LogP contribution is 2.17. The van der Waals surface area contributed by atoms with Crippen molar-refractivity contribution in [2.24, 2.45) is 0 Å². The lowest BCUT2D eigenvalue weighted by molar-refractivity contribution is 0.452. The summed E-state index contributed by atoms with van der Waals surface area (Å²) in [5.74, 6) is 0.333. The lowest BCUT2D eigenvalue weighted by Crippen LogP contribution is -1.85. The van der Waals surface area contributed by atoms with E-state index in [0.717, 1.165) is 0 Å². The Morgan fingerprint density at radius 2 is 2.22 bits per heavy atom. The van der Waals surface area contributed by atoms with Gasteiger partial charge in [-0.25, -0.2) is 4.39 Å². The predicted octanol–water partition coefficient (Wildman–Crippen LogP) is 2.54. The van der Waals surface area contributed by atoms with Gasteiger partial charge in [-0.2, -0.15) is 0 Å². The molecule has 0 bridgehead atoms. The van der Waals surface area contributed by atoms with E-state index < -0.39 is 0 Å². The van der Waals surface area contributed by atoms with E-state index in [1.54, 1.807) is 0 Å². The normalized spacial score (nSPS) is 10.7. The van der Waals surface area contributed by atoms with Crippen LogP contribution in [0.1, 0.15) is 25.5 Å². The van der Waals surface area contributed by atoms with Crippen LogP contribution in [0.3, 0.4) is 0 Å². The van der Waals surface area contributed by atoms with Gasteiger partial charge in [-0.15, -0.1) is 0 Å². The maximum absolute atomic E-state index is 12.5. The zero-order chi connectivity index (χ0) is 6.85. The summed E-state index contributed by atoms with van der Waals surface area (Å²) in [4.78, 5) is 0. The van der Waals surface area contributed by atoms with Gasteiger partial charge in [0.15, 0.2) is 5.82 Å². The molecule has 1 nitrogen and oxygen atoms in total. The molecule has 0 fully saturated rings. The van der Waals surface area contributed by atoms with Gasteiger partial charge < -0.3 is 4.42 Å². The van der Waals surface area contributed by atoms with E-state index in [0.29, 0.717) is 5.76 Å². The zero-order valence-electron chi connectivity index (χ0n) is 5.52. The van der Waals surface area contributed by atoms with Gasteiger partial charge in [0.1, 0.15) is 5.76 Å². The first-order valence-electron chi connectivity index (χ1n) is 2.94. The fourth-order valence-corrected chi connectivity index (χ4v) is 0.717. The second-order valence-electron chi connectivity index (χ2n) is 2.29. The van der Waals surface area contributed by atoms with Crippen LogP contribution in [-0.4, -0.2) is 0 Å². The molecule has 0 spiro atoms. The summed E-state index contributed by atoms with van der Waals surface area (Å²) in [5.41, 5.74) is 0. The van der Waals surface area contributed by atoms with Gasteiger partial charge in [-0.3, -0.25) is 0 Å². The van der Waals surface area contributed by atoms with E-state index in [9.17, 15) is 4.39 Å². The molecule has 0 saturated heterocycles. The summed E-state index contributed by atoms with van der Waals surface area (Å²) >= 11 is 0. The number of rotatable bonds is 1. The van der Waals surface area contributed by atoms with Gasteiger partial charge in [-0.05, 0) is 0 Å². The highest BCUT2D eigenvalue weighted by atomic mass is 19.1. The first-order valence-corrected chi connectivity index (χ1v) is 2.94. The SMILES string of the molecule is CC(C)c1occc1F. The van der Waals surface area contributed by atoms with Gasteiger partial charge in [0, 0.05) is 12.0 Å². The maximum atomic E-state index is 12.5. The molecular formula is C7H9FO. The zero-order valence-corrected chi connectivity index (χ0v) is 5.52. The fourth-order valence-electron chi connectivity index (χ4n) is 0.717. The van der Waals surface area contributed by atoms with Crippen LogP contribution in [0.2, 0.25) is 0 Å². The Labute approximate surface area is 53.5 Å². The van der Waals surface area contributed by atoms with Crippen LogP contribution in [0, 0.1) is 5.82 Å². The quantitative estimate of drug-likeness (QED) is 0.566. The van der Waals surface area contributed by atoms with Crippen LogP contribution in [-0.2, 0) is 0 Å². The Hall–Kier alpha value is -0.790. The van der Waals surface area contributed by atoms with Gasteiger partial charge in [0.25, 0.3) is 0 Å². The van der Waals surface area contributed by atoms with Crippen molar-refractivity contribution in [1.82, 2.24) is 0 Å². The summed E-state index contributed by atoms with van der Waals surface area (Å²) < 4.78 is 17.4. The molecule has 2 heteroatoms. The molecule has 1 rings (SSSR count). The molecule has 1 heterocycles. The average molecular weight is 128 g/mol. The van der Waals surface area contributed by atoms with Crippen molar-refractivity contribution < 1.29 is 8.81 Å². The molecule has 1 aromatic heterocycles. The van der Waals surface area contributed by atoms with Crippen LogP contribution >= 0.6 is 0 Å². The predicted molar refractivity (Wildman–Crippen MR) is 32.8 cm³/mol. The second kappa shape index (κ2) is 2.21. The third-order valence-electron chi connectivity index (χ3n) is 1.17. The largest absolute Gasteiger partial charge is 0.466 e. The molecular weight excluding hydrogens is 119 g/mol. The first kappa shape index (κ1) is 6.33. The van der Waals surface area contributed by atoms with Crippen LogP contribution < -0.4 is 0 Å². The minimum atomic E-state index is -0.245. The molecule has 0 atom stereocenters. The Bertz CT molecular complexity index is 191. The van der Waals surface area contributed by atoms with Crippen molar-refractivity contribution in [2.45, 2.75) is 19.8 Å². The van der Waals surface area contributed by atoms with Crippen LogP contribution in [0.25, 0.3) is 0 Å². The molecule has 0 N–H and O–H groups in total. The number of furan rings is 1. The minimum Gasteiger partial charge on any atom is -0.466 e. The van der Waals surface area contributed by atoms with Crippen molar-refractivity contribution in [3.05, 3.63) is 23.9 Å². The van der Waals surface area contributed by atoms with Crippen LogP contribution in [0.15, 0.2) is 16.7 Å². The van der Waals surface area contributed by atoms with Crippen molar-refractivity contribution in [1.29, 1.82) is 0 Å². The Morgan fingerprint density at radius 1 is 1.56 bits per heavy atom. The molecule has 0 amide bonds. The Kier molecular flexibility index (Phi) is 1.56. The Balaban J connectivity index is 2.94. The van der Waals surface area contributed by atoms with Gasteiger partial charge in [0.05, 0.1) is 6.26 Å². The van der Waals surface area contributed by atoms with Crippen molar-refractivity contribution in [3.63, 3.8) is 0 Å². The smallest absolute Gasteiger partial charge is 0.164 e. The molecule has 0 aromatic carbocycles. The third kappa shape index (κ3) is 1.12. The maximum Gasteiger partial charge on any atom is 0.164 e. The van der Waals surface area contributed by atoms with Gasteiger partial charge in [0.2, 0.25) is 0 Å². The van der Waals surface area contributed by atoms with E-state index in [1.807, 2.05) is 13.8 Å². The molecule has 0 aliphatic heterocycles. The highest BCUT2D eigenvalue weighted by Gasteiger charge is 2.08. The third-order valence-corrected chi connectivity index (χ3v) is 1.17. The summed E-state index contributed by atoms with van der Waals surface area (Å²) in [5, 5.41) is 0. The summed E-state index contributed by atoms with van der Waals surface area (Å²) in [6.07, 6.45) is 1.37. The van der Waals surface area contributed by atoms with Crippen molar-refractivity contribution in [3.8, 4) is 0 Å². The molecule has 50 valence electrons. The van der Waals surface area contributed by atoms with Gasteiger partial charge >= 0.3 is 0 Å². The van der Waals surface area contributed by atoms with E-state index in [-0.39, 0.29) is 11.7 Å². The number of halogens is 1. The Morgan fingerprint density at radius 3 is 2.44 bits per heavy atom. The summed E-state index contributed by atoms with van der Waals surface area (Å²) in [7, 11) is 0. The van der Waals surface area contributed by atoms with Crippen LogP contribution in [0.5, 0.6) is 0 Å². The lowest BCUT2D eigenvalue weighted by atomic mass is 10.1. The monoisotopic (exact) mass is 128 g/mol. The van der Waals surface area contributed by atoms with Crippen molar-refractivity contribution in [2.75, 3.05) is 0 Å². The second-order valence-corrected chi connectivity index (χ2v) is 2.29. The number of hydrogen-bond donors (Lipinski definition) is 0. The molecule has 1 aromatic rings. The highest BCUT2D eigenvalue weighted by molar-refractivity contribution is 5.05. The van der Waals surface area contributed by atoms with Crippen LogP contribution in [0.4, 0.5) is 4.39 Å². The van der Waals surface area contributed by atoms with E-state index in [4.69, 9.17) is 4.42 Å². The van der Waals surface area contributed by atoms with E-state index >= 15 is 0 Å². The average Bonchev–Trinajstić information content (AvgIpc) is 2.13. The molecule has 9 heavy (non-hydrogen) atoms. The minimum absolute atomic E-state index is 0.139. The topological polar surface area (TPSA) is 13.1 Å². The van der Waals surface area contributed by atoms with E-state index in [1.165, 1.54) is 12.3 Å². The van der Waals surface area contributed by atoms with E-state index in [2.05, 4.69) is 0 Å². The molecule has 0 unspecified atom stereocenters. The molecule has 0 aliphatic carbocycles. The lowest BCUT2D eigenvalue weighted by Gasteiger charge is -1.96. The summed E-state index contributed by atoms with van der Waals surface area (Å²) in [6, 6.07) is 1.33. The standard InChI is InChI=1S/C7H9FO/c1-5(2)7-6(8)3-4-9-7/h3-5H,1-2H3. The van der Waals surface area contributed by atoms with Gasteiger partial charge in [-0.1, -0.05) is 13.8 Å². The molecule has 0 aliphatic rings. The fraction of sp³-hybridized carbons (Fsp3) is 0.429. The summed E-state index contributed by atoms with van der Waals surface area (Å²) in [6.45, 7) is 3.78. The van der Waals surface area contributed by atoms with Crippen molar-refractivity contribution >= 4 is 0 Å².